The summed E-state index contributed by atoms with van der Waals surface area (Å²) >= 11 is 5.42. The monoisotopic (exact) mass is 320 g/mol. The van der Waals surface area contributed by atoms with E-state index in [4.69, 9.17) is 16.7 Å². The lowest BCUT2D eigenvalue weighted by molar-refractivity contribution is -0.141. The number of benzene rings is 1. The van der Waals surface area contributed by atoms with Crippen LogP contribution < -0.4 is 0 Å². The molecule has 0 saturated heterocycles. The smallest absolute Gasteiger partial charge is 0.433 e. The van der Waals surface area contributed by atoms with E-state index in [1.54, 1.807) is 0 Å². The SMILES string of the molecule is O=C(O)c1cc(F)cc(-c2cc(C(F)(F)F)nc(Cl)n2)c1. The third kappa shape index (κ3) is 3.46. The Labute approximate surface area is 120 Å². The maximum Gasteiger partial charge on any atom is 0.433 e. The number of carboxylic acid groups (broad SMARTS) is 1. The van der Waals surface area contributed by atoms with Crippen LogP contribution in [-0.2, 0) is 6.18 Å². The number of aromatic nitrogens is 2. The van der Waals surface area contributed by atoms with E-state index in [0.717, 1.165) is 18.2 Å². The average Bonchev–Trinajstić information content (AvgIpc) is 2.36. The molecule has 0 amide bonds. The van der Waals surface area contributed by atoms with Crippen molar-refractivity contribution in [2.24, 2.45) is 0 Å². The largest absolute Gasteiger partial charge is 0.478 e. The zero-order valence-electron chi connectivity index (χ0n) is 9.95. The van der Waals surface area contributed by atoms with Crippen LogP contribution in [0.2, 0.25) is 5.28 Å². The molecule has 0 unspecified atom stereocenters. The lowest BCUT2D eigenvalue weighted by Crippen LogP contribution is -2.09. The third-order valence-corrected chi connectivity index (χ3v) is 2.60. The number of hydrogen-bond acceptors (Lipinski definition) is 3. The molecule has 0 spiro atoms. The molecule has 0 saturated carbocycles. The Morgan fingerprint density at radius 2 is 1.81 bits per heavy atom. The van der Waals surface area contributed by atoms with Gasteiger partial charge >= 0.3 is 12.1 Å². The fourth-order valence-corrected chi connectivity index (χ4v) is 1.75. The van der Waals surface area contributed by atoms with E-state index in [0.29, 0.717) is 6.07 Å². The second kappa shape index (κ2) is 5.28. The molecule has 4 nitrogen and oxygen atoms in total. The van der Waals surface area contributed by atoms with E-state index in [1.807, 2.05) is 0 Å². The summed E-state index contributed by atoms with van der Waals surface area (Å²) in [5.74, 6) is -2.35. The number of alkyl halides is 3. The third-order valence-electron chi connectivity index (χ3n) is 2.43. The van der Waals surface area contributed by atoms with Gasteiger partial charge in [0.05, 0.1) is 11.3 Å². The topological polar surface area (TPSA) is 63.1 Å². The van der Waals surface area contributed by atoms with Crippen molar-refractivity contribution in [2.75, 3.05) is 0 Å². The first-order valence-corrected chi connectivity index (χ1v) is 5.70. The summed E-state index contributed by atoms with van der Waals surface area (Å²) < 4.78 is 51.2. The second-order valence-electron chi connectivity index (χ2n) is 3.94. The number of aromatic carboxylic acids is 1. The summed E-state index contributed by atoms with van der Waals surface area (Å²) in [6, 6.07) is 3.14. The van der Waals surface area contributed by atoms with Crippen molar-refractivity contribution in [3.63, 3.8) is 0 Å². The summed E-state index contributed by atoms with van der Waals surface area (Å²) in [6.07, 6.45) is -4.76. The Bertz CT molecular complexity index is 719. The summed E-state index contributed by atoms with van der Waals surface area (Å²) in [5.41, 5.74) is -2.21. The van der Waals surface area contributed by atoms with Crippen molar-refractivity contribution < 1.29 is 27.5 Å². The lowest BCUT2D eigenvalue weighted by Gasteiger charge is -2.09. The predicted octanol–water partition coefficient (Wildman–Crippen LogP) is 3.65. The fourth-order valence-electron chi connectivity index (χ4n) is 1.57. The highest BCUT2D eigenvalue weighted by molar-refractivity contribution is 6.28. The van der Waals surface area contributed by atoms with Gasteiger partial charge in [0.25, 0.3) is 0 Å². The molecule has 21 heavy (non-hydrogen) atoms. The van der Waals surface area contributed by atoms with Crippen LogP contribution in [0.1, 0.15) is 16.1 Å². The van der Waals surface area contributed by atoms with Crippen molar-refractivity contribution in [3.05, 3.63) is 46.6 Å². The summed E-state index contributed by atoms with van der Waals surface area (Å²) in [7, 11) is 0. The van der Waals surface area contributed by atoms with Gasteiger partial charge in [0.1, 0.15) is 11.5 Å². The molecule has 0 bridgehead atoms. The number of carbonyl (C=O) groups is 1. The number of carboxylic acids is 1. The number of halogens is 5. The van der Waals surface area contributed by atoms with Crippen molar-refractivity contribution in [1.82, 2.24) is 9.97 Å². The molecule has 1 N–H and O–H groups in total. The average molecular weight is 321 g/mol. The van der Waals surface area contributed by atoms with Crippen LogP contribution in [0.15, 0.2) is 24.3 Å². The van der Waals surface area contributed by atoms with E-state index in [-0.39, 0.29) is 11.3 Å². The minimum Gasteiger partial charge on any atom is -0.478 e. The highest BCUT2D eigenvalue weighted by Gasteiger charge is 2.33. The first-order chi connectivity index (χ1) is 9.66. The van der Waals surface area contributed by atoms with E-state index in [9.17, 15) is 22.4 Å². The Morgan fingerprint density at radius 1 is 1.14 bits per heavy atom. The molecule has 1 aromatic heterocycles. The van der Waals surface area contributed by atoms with Crippen LogP contribution in [0.4, 0.5) is 17.6 Å². The Hall–Kier alpha value is -2.22. The molecular formula is C12H5ClF4N2O2. The molecule has 0 aliphatic rings. The molecule has 0 atom stereocenters. The maximum absolute atomic E-state index is 13.3. The number of nitrogens with zero attached hydrogens (tertiary/aromatic N) is 2. The van der Waals surface area contributed by atoms with E-state index < -0.39 is 34.5 Å². The quantitative estimate of drug-likeness (QED) is 0.677. The molecule has 2 aromatic rings. The maximum atomic E-state index is 13.3. The molecule has 1 aromatic carbocycles. The summed E-state index contributed by atoms with van der Waals surface area (Å²) in [5, 5.41) is 8.13. The van der Waals surface area contributed by atoms with Crippen molar-refractivity contribution in [3.8, 4) is 11.3 Å². The van der Waals surface area contributed by atoms with Gasteiger partial charge in [-0.3, -0.25) is 0 Å². The minimum absolute atomic E-state index is 0.151. The molecule has 0 fully saturated rings. The predicted molar refractivity (Wildman–Crippen MR) is 64.4 cm³/mol. The van der Waals surface area contributed by atoms with Crippen LogP contribution >= 0.6 is 11.6 Å². The molecular weight excluding hydrogens is 316 g/mol. The van der Waals surface area contributed by atoms with E-state index >= 15 is 0 Å². The first kappa shape index (κ1) is 15.2. The summed E-state index contributed by atoms with van der Waals surface area (Å²) in [4.78, 5) is 17.4. The van der Waals surface area contributed by atoms with Crippen molar-refractivity contribution in [1.29, 1.82) is 0 Å². The van der Waals surface area contributed by atoms with Gasteiger partial charge in [-0.15, -0.1) is 0 Å². The zero-order chi connectivity index (χ0) is 15.8. The van der Waals surface area contributed by atoms with Crippen LogP contribution in [-0.4, -0.2) is 21.0 Å². The van der Waals surface area contributed by atoms with Crippen LogP contribution in [0.3, 0.4) is 0 Å². The van der Waals surface area contributed by atoms with Crippen molar-refractivity contribution >= 4 is 17.6 Å². The Morgan fingerprint density at radius 3 is 2.38 bits per heavy atom. The van der Waals surface area contributed by atoms with E-state index in [1.165, 1.54) is 0 Å². The zero-order valence-corrected chi connectivity index (χ0v) is 10.7. The summed E-state index contributed by atoms with van der Waals surface area (Å²) in [6.45, 7) is 0. The minimum atomic E-state index is -4.76. The number of rotatable bonds is 2. The molecule has 0 aliphatic heterocycles. The van der Waals surface area contributed by atoms with Gasteiger partial charge in [0.2, 0.25) is 5.28 Å². The van der Waals surface area contributed by atoms with Gasteiger partial charge in [0.15, 0.2) is 0 Å². The molecule has 9 heteroatoms. The van der Waals surface area contributed by atoms with Gasteiger partial charge < -0.3 is 5.11 Å². The standard InChI is InChI=1S/C12H5ClF4N2O2/c13-11-18-8(4-9(19-11)12(15,16)17)5-1-6(10(20)21)3-7(14)2-5/h1-4H,(H,20,21). The highest BCUT2D eigenvalue weighted by atomic mass is 35.5. The van der Waals surface area contributed by atoms with Crippen LogP contribution in [0.25, 0.3) is 11.3 Å². The Kier molecular flexibility index (Phi) is 3.82. The lowest BCUT2D eigenvalue weighted by atomic mass is 10.1. The van der Waals surface area contributed by atoms with Gasteiger partial charge in [-0.25, -0.2) is 19.2 Å². The van der Waals surface area contributed by atoms with Crippen LogP contribution in [0.5, 0.6) is 0 Å². The van der Waals surface area contributed by atoms with Gasteiger partial charge in [-0.05, 0) is 35.9 Å². The normalized spacial score (nSPS) is 11.5. The second-order valence-corrected chi connectivity index (χ2v) is 4.28. The first-order valence-electron chi connectivity index (χ1n) is 5.33. The van der Waals surface area contributed by atoms with Gasteiger partial charge in [0, 0.05) is 5.56 Å². The Balaban J connectivity index is 2.62. The molecule has 1 heterocycles. The highest BCUT2D eigenvalue weighted by Crippen LogP contribution is 2.31. The molecule has 110 valence electrons. The fraction of sp³-hybridized carbons (Fsp3) is 0.0833. The molecule has 2 rings (SSSR count). The molecule has 0 radical (unpaired) electrons. The van der Waals surface area contributed by atoms with Crippen LogP contribution in [0, 0.1) is 5.82 Å². The number of hydrogen-bond donors (Lipinski definition) is 1. The van der Waals surface area contributed by atoms with Gasteiger partial charge in [-0.2, -0.15) is 13.2 Å². The van der Waals surface area contributed by atoms with Gasteiger partial charge in [-0.1, -0.05) is 0 Å². The van der Waals surface area contributed by atoms with E-state index in [2.05, 4.69) is 9.97 Å². The molecule has 0 aliphatic carbocycles. The van der Waals surface area contributed by atoms with Crippen molar-refractivity contribution in [2.45, 2.75) is 6.18 Å².